The van der Waals surface area contributed by atoms with E-state index in [1.807, 2.05) is 6.07 Å². The summed E-state index contributed by atoms with van der Waals surface area (Å²) in [4.78, 5) is 14.8. The number of amides is 1. The van der Waals surface area contributed by atoms with Gasteiger partial charge in [0.1, 0.15) is 38.5 Å². The topological polar surface area (TPSA) is 50.3 Å². The average Bonchev–Trinajstić information content (AvgIpc) is 2.67. The molecule has 0 bridgehead atoms. The van der Waals surface area contributed by atoms with Gasteiger partial charge in [0.05, 0.1) is 11.2 Å². The van der Waals surface area contributed by atoms with Crippen molar-refractivity contribution in [1.82, 2.24) is 5.43 Å². The maximum absolute atomic E-state index is 13.6. The van der Waals surface area contributed by atoms with Crippen LogP contribution in [-0.2, 0) is 11.3 Å². The van der Waals surface area contributed by atoms with Gasteiger partial charge in [-0.1, -0.05) is 48.0 Å². The Balaban J connectivity index is 1.41. The minimum Gasteiger partial charge on any atom is -0.322 e. The molecule has 0 aliphatic carbocycles. The van der Waals surface area contributed by atoms with Crippen LogP contribution in [0, 0.1) is 5.82 Å². The highest BCUT2D eigenvalue weighted by molar-refractivity contribution is 6.33. The highest BCUT2D eigenvalue weighted by Gasteiger charge is 2.24. The van der Waals surface area contributed by atoms with Crippen LogP contribution in [0.25, 0.3) is 0 Å². The zero-order chi connectivity index (χ0) is 19.1. The van der Waals surface area contributed by atoms with E-state index in [1.165, 1.54) is 33.7 Å². The highest BCUT2D eigenvalue weighted by Crippen LogP contribution is 2.16. The Morgan fingerprint density at radius 2 is 1.78 bits per heavy atom. The van der Waals surface area contributed by atoms with Crippen LogP contribution in [0.1, 0.15) is 11.1 Å². The molecular formula is C20H24ClFN4O+2. The molecule has 27 heavy (non-hydrogen) atoms. The summed E-state index contributed by atoms with van der Waals surface area (Å²) in [6, 6.07) is 14.9. The molecule has 1 heterocycles. The number of rotatable bonds is 6. The molecule has 2 aromatic rings. The first kappa shape index (κ1) is 19.5. The Labute approximate surface area is 163 Å². The Bertz CT molecular complexity index is 772. The molecule has 142 valence electrons. The zero-order valence-corrected chi connectivity index (χ0v) is 15.8. The van der Waals surface area contributed by atoms with Crippen molar-refractivity contribution in [1.29, 1.82) is 0 Å². The third-order valence-electron chi connectivity index (χ3n) is 4.75. The lowest BCUT2D eigenvalue weighted by Crippen LogP contribution is -3.28. The van der Waals surface area contributed by atoms with Crippen LogP contribution in [0.15, 0.2) is 53.6 Å². The van der Waals surface area contributed by atoms with Gasteiger partial charge in [0.25, 0.3) is 5.91 Å². The number of carbonyl (C=O) groups excluding carboxylic acids is 1. The number of carbonyl (C=O) groups is 1. The fourth-order valence-corrected chi connectivity index (χ4v) is 3.48. The van der Waals surface area contributed by atoms with Gasteiger partial charge < -0.3 is 9.80 Å². The van der Waals surface area contributed by atoms with E-state index in [9.17, 15) is 9.18 Å². The van der Waals surface area contributed by atoms with Crippen molar-refractivity contribution in [3.05, 3.63) is 70.5 Å². The number of nitrogens with one attached hydrogen (secondary N) is 3. The monoisotopic (exact) mass is 390 g/mol. The van der Waals surface area contributed by atoms with E-state index in [-0.39, 0.29) is 16.5 Å². The number of nitrogens with zero attached hydrogens (tertiary/aromatic N) is 1. The molecule has 5 nitrogen and oxygen atoms in total. The SMILES string of the molecule is O=C(C[NH+]1CC[NH+](Cc2ccccc2)CC1)N/N=C\c1c(F)cccc1Cl. The molecule has 0 saturated carbocycles. The van der Waals surface area contributed by atoms with Crippen LogP contribution in [0.5, 0.6) is 0 Å². The van der Waals surface area contributed by atoms with Gasteiger partial charge in [-0.15, -0.1) is 0 Å². The first-order chi connectivity index (χ1) is 13.1. The predicted molar refractivity (Wildman–Crippen MR) is 104 cm³/mol. The predicted octanol–water partition coefficient (Wildman–Crippen LogP) is -0.0872. The van der Waals surface area contributed by atoms with Crippen LogP contribution in [0.3, 0.4) is 0 Å². The van der Waals surface area contributed by atoms with Gasteiger partial charge in [-0.25, -0.2) is 9.82 Å². The summed E-state index contributed by atoms with van der Waals surface area (Å²) in [5.74, 6) is -0.649. The van der Waals surface area contributed by atoms with Gasteiger partial charge in [0, 0.05) is 11.1 Å². The highest BCUT2D eigenvalue weighted by atomic mass is 35.5. The molecule has 0 spiro atoms. The van der Waals surface area contributed by atoms with Gasteiger partial charge in [-0.05, 0) is 12.1 Å². The van der Waals surface area contributed by atoms with Crippen molar-refractivity contribution in [3.8, 4) is 0 Å². The fourth-order valence-electron chi connectivity index (χ4n) is 3.26. The molecule has 1 fully saturated rings. The molecule has 0 atom stereocenters. The minimum absolute atomic E-state index is 0.171. The Morgan fingerprint density at radius 3 is 2.48 bits per heavy atom. The smallest absolute Gasteiger partial charge is 0.295 e. The van der Waals surface area contributed by atoms with Crippen LogP contribution >= 0.6 is 11.6 Å². The van der Waals surface area contributed by atoms with Crippen molar-refractivity contribution in [2.75, 3.05) is 32.7 Å². The number of piperazine rings is 1. The van der Waals surface area contributed by atoms with Crippen molar-refractivity contribution in [3.63, 3.8) is 0 Å². The van der Waals surface area contributed by atoms with E-state index in [4.69, 9.17) is 11.6 Å². The van der Waals surface area contributed by atoms with E-state index >= 15 is 0 Å². The zero-order valence-electron chi connectivity index (χ0n) is 15.1. The number of halogens is 2. The molecule has 0 radical (unpaired) electrons. The normalized spacial score (nSPS) is 19.9. The quantitative estimate of drug-likeness (QED) is 0.469. The van der Waals surface area contributed by atoms with E-state index in [0.29, 0.717) is 6.54 Å². The van der Waals surface area contributed by atoms with Crippen molar-refractivity contribution in [2.24, 2.45) is 5.10 Å². The maximum atomic E-state index is 13.6. The van der Waals surface area contributed by atoms with Crippen LogP contribution < -0.4 is 15.2 Å². The molecule has 0 unspecified atom stereocenters. The lowest BCUT2D eigenvalue weighted by molar-refractivity contribution is -1.02. The fraction of sp³-hybridized carbons (Fsp3) is 0.300. The third-order valence-corrected chi connectivity index (χ3v) is 5.08. The number of hydrazone groups is 1. The van der Waals surface area contributed by atoms with E-state index in [0.717, 1.165) is 32.7 Å². The van der Waals surface area contributed by atoms with Gasteiger partial charge >= 0.3 is 0 Å². The van der Waals surface area contributed by atoms with E-state index < -0.39 is 5.82 Å². The molecule has 7 heteroatoms. The maximum Gasteiger partial charge on any atom is 0.295 e. The average molecular weight is 391 g/mol. The van der Waals surface area contributed by atoms with Crippen molar-refractivity contribution in [2.45, 2.75) is 6.54 Å². The van der Waals surface area contributed by atoms with Crippen LogP contribution in [0.2, 0.25) is 5.02 Å². The van der Waals surface area contributed by atoms with Gasteiger partial charge in [0.15, 0.2) is 6.54 Å². The van der Waals surface area contributed by atoms with Crippen molar-refractivity contribution >= 4 is 23.7 Å². The summed E-state index contributed by atoms with van der Waals surface area (Å²) in [5.41, 5.74) is 3.98. The largest absolute Gasteiger partial charge is 0.322 e. The van der Waals surface area contributed by atoms with Crippen LogP contribution in [0.4, 0.5) is 4.39 Å². The Kier molecular flexibility index (Phi) is 6.92. The minimum atomic E-state index is -0.469. The summed E-state index contributed by atoms with van der Waals surface area (Å²) in [6.07, 6.45) is 1.24. The first-order valence-corrected chi connectivity index (χ1v) is 9.46. The van der Waals surface area contributed by atoms with Gasteiger partial charge in [0.2, 0.25) is 0 Å². The Morgan fingerprint density at radius 1 is 1.07 bits per heavy atom. The molecule has 1 amide bonds. The van der Waals surface area contributed by atoms with E-state index in [1.54, 1.807) is 6.07 Å². The number of benzene rings is 2. The summed E-state index contributed by atoms with van der Waals surface area (Å²) in [7, 11) is 0. The lowest BCUT2D eigenvalue weighted by atomic mass is 10.2. The number of hydrogen-bond acceptors (Lipinski definition) is 2. The summed E-state index contributed by atoms with van der Waals surface area (Å²) < 4.78 is 13.6. The second-order valence-electron chi connectivity index (χ2n) is 6.77. The standard InChI is InChI=1S/C20H22ClFN4O/c21-18-7-4-8-19(22)17(18)13-23-24-20(27)15-26-11-9-25(10-12-26)14-16-5-2-1-3-6-16/h1-8,13H,9-12,14-15H2,(H,24,27)/p+2/b23-13-. The second-order valence-corrected chi connectivity index (χ2v) is 7.17. The number of quaternary nitrogens is 2. The van der Waals surface area contributed by atoms with Gasteiger partial charge in [-0.2, -0.15) is 5.10 Å². The van der Waals surface area contributed by atoms with Gasteiger partial charge in [-0.3, -0.25) is 4.79 Å². The van der Waals surface area contributed by atoms with Crippen LogP contribution in [-0.4, -0.2) is 44.8 Å². The van der Waals surface area contributed by atoms with Crippen molar-refractivity contribution < 1.29 is 19.0 Å². The summed E-state index contributed by atoms with van der Waals surface area (Å²) in [6.45, 7) is 5.34. The summed E-state index contributed by atoms with van der Waals surface area (Å²) in [5, 5.41) is 4.09. The first-order valence-electron chi connectivity index (χ1n) is 9.09. The molecule has 1 aliphatic heterocycles. The molecule has 0 aromatic heterocycles. The summed E-state index contributed by atoms with van der Waals surface area (Å²) >= 11 is 5.92. The molecule has 3 N–H and O–H groups in total. The molecular weight excluding hydrogens is 367 g/mol. The van der Waals surface area contributed by atoms with E-state index in [2.05, 4.69) is 34.8 Å². The Hall–Kier alpha value is -2.28. The molecule has 3 rings (SSSR count). The molecule has 1 aliphatic rings. The second kappa shape index (κ2) is 9.60. The molecule has 2 aromatic carbocycles. The number of hydrogen-bond donors (Lipinski definition) is 3. The lowest BCUT2D eigenvalue weighted by Gasteiger charge is -2.29. The molecule has 1 saturated heterocycles. The third kappa shape index (κ3) is 5.85.